The molecule has 3 nitrogen and oxygen atoms in total. The first-order valence-electron chi connectivity index (χ1n) is 5.42. The minimum Gasteiger partial charge on any atom is -0.452 e. The van der Waals surface area contributed by atoms with Gasteiger partial charge in [0.25, 0.3) is 0 Å². The number of alkyl halides is 3. The molecular weight excluding hydrogens is 280 g/mol. The maximum Gasteiger partial charge on any atom is 0.422 e. The molecule has 0 saturated carbocycles. The maximum atomic E-state index is 13.4. The van der Waals surface area contributed by atoms with E-state index in [4.69, 9.17) is 0 Å². The van der Waals surface area contributed by atoms with Crippen LogP contribution in [0.15, 0.2) is 29.8 Å². The van der Waals surface area contributed by atoms with Crippen LogP contribution in [-0.4, -0.2) is 24.5 Å². The smallest absolute Gasteiger partial charge is 0.422 e. The van der Waals surface area contributed by atoms with E-state index >= 15 is 0 Å². The number of halogens is 4. The van der Waals surface area contributed by atoms with E-state index < -0.39 is 35.9 Å². The number of hydrogen-bond acceptors (Lipinski definition) is 3. The summed E-state index contributed by atoms with van der Waals surface area (Å²) in [5, 5.41) is 0. The normalized spacial score (nSPS) is 12.2. The van der Waals surface area contributed by atoms with Crippen LogP contribution in [0.2, 0.25) is 0 Å². The van der Waals surface area contributed by atoms with E-state index in [1.54, 1.807) is 0 Å². The summed E-state index contributed by atoms with van der Waals surface area (Å²) in [4.78, 5) is 22.7. The summed E-state index contributed by atoms with van der Waals surface area (Å²) in [7, 11) is 0. The Bertz CT molecular complexity index is 547. The van der Waals surface area contributed by atoms with Crippen LogP contribution in [0.4, 0.5) is 17.6 Å². The van der Waals surface area contributed by atoms with Gasteiger partial charge in [0, 0.05) is 5.56 Å². The van der Waals surface area contributed by atoms with Crippen LogP contribution in [0, 0.1) is 5.82 Å². The van der Waals surface area contributed by atoms with Crippen LogP contribution < -0.4 is 0 Å². The summed E-state index contributed by atoms with van der Waals surface area (Å²) >= 11 is 0. The molecular formula is C13H10F4O3. The van der Waals surface area contributed by atoms with Crippen LogP contribution in [0.5, 0.6) is 0 Å². The van der Waals surface area contributed by atoms with Crippen LogP contribution >= 0.6 is 0 Å². The van der Waals surface area contributed by atoms with E-state index in [1.807, 2.05) is 0 Å². The fraction of sp³-hybridized carbons (Fsp3) is 0.231. The summed E-state index contributed by atoms with van der Waals surface area (Å²) < 4.78 is 53.1. The molecule has 0 radical (unpaired) electrons. The topological polar surface area (TPSA) is 43.4 Å². The van der Waals surface area contributed by atoms with Crippen LogP contribution in [0.25, 0.3) is 6.08 Å². The van der Waals surface area contributed by atoms with Crippen molar-refractivity contribution >= 4 is 17.8 Å². The molecule has 0 aliphatic heterocycles. The Balaban J connectivity index is 2.98. The van der Waals surface area contributed by atoms with Crippen LogP contribution in [0.3, 0.4) is 0 Å². The van der Waals surface area contributed by atoms with Gasteiger partial charge in [0.15, 0.2) is 12.4 Å². The Morgan fingerprint density at radius 1 is 1.25 bits per heavy atom. The molecule has 0 aliphatic rings. The molecule has 1 aromatic carbocycles. The third kappa shape index (κ3) is 4.83. The fourth-order valence-corrected chi connectivity index (χ4v) is 1.28. The zero-order valence-corrected chi connectivity index (χ0v) is 10.3. The predicted molar refractivity (Wildman–Crippen MR) is 62.1 cm³/mol. The molecule has 0 spiro atoms. The number of carbonyl (C=O) groups excluding carboxylic acids is 2. The lowest BCUT2D eigenvalue weighted by molar-refractivity contribution is -0.183. The first-order valence-corrected chi connectivity index (χ1v) is 5.42. The Kier molecular flexibility index (Phi) is 5.01. The Morgan fingerprint density at radius 2 is 1.85 bits per heavy atom. The Labute approximate surface area is 111 Å². The van der Waals surface area contributed by atoms with E-state index in [1.165, 1.54) is 18.2 Å². The second kappa shape index (κ2) is 6.31. The first-order chi connectivity index (χ1) is 9.20. The third-order valence-corrected chi connectivity index (χ3v) is 2.17. The van der Waals surface area contributed by atoms with Gasteiger partial charge in [-0.2, -0.15) is 13.2 Å². The molecule has 1 rings (SSSR count). The number of hydrogen-bond donors (Lipinski definition) is 0. The molecule has 20 heavy (non-hydrogen) atoms. The number of benzene rings is 1. The average molecular weight is 290 g/mol. The van der Waals surface area contributed by atoms with Crippen molar-refractivity contribution in [3.8, 4) is 0 Å². The average Bonchev–Trinajstić information content (AvgIpc) is 2.33. The van der Waals surface area contributed by atoms with Gasteiger partial charge in [-0.3, -0.25) is 4.79 Å². The van der Waals surface area contributed by atoms with Gasteiger partial charge in [-0.25, -0.2) is 9.18 Å². The molecule has 7 heteroatoms. The second-order valence-corrected chi connectivity index (χ2v) is 3.83. The maximum absolute atomic E-state index is 13.4. The molecule has 0 atom stereocenters. The molecule has 0 bridgehead atoms. The van der Waals surface area contributed by atoms with E-state index in [0.717, 1.165) is 19.1 Å². The lowest BCUT2D eigenvalue weighted by Crippen LogP contribution is -2.23. The number of rotatable bonds is 4. The van der Waals surface area contributed by atoms with Crippen molar-refractivity contribution in [1.29, 1.82) is 0 Å². The molecule has 0 fully saturated rings. The van der Waals surface area contributed by atoms with E-state index in [2.05, 4.69) is 4.74 Å². The predicted octanol–water partition coefficient (Wildman–Crippen LogP) is 2.90. The number of carbonyl (C=O) groups is 2. The van der Waals surface area contributed by atoms with E-state index in [9.17, 15) is 27.2 Å². The summed E-state index contributed by atoms with van der Waals surface area (Å²) in [6, 6.07) is 5.20. The molecule has 0 aliphatic carbocycles. The van der Waals surface area contributed by atoms with Gasteiger partial charge in [0.2, 0.25) is 0 Å². The number of ether oxygens (including phenoxy) is 1. The third-order valence-electron chi connectivity index (χ3n) is 2.17. The molecule has 0 heterocycles. The summed E-state index contributed by atoms with van der Waals surface area (Å²) in [6.07, 6.45) is -3.84. The van der Waals surface area contributed by atoms with Crippen molar-refractivity contribution < 1.29 is 31.9 Å². The molecule has 108 valence electrons. The van der Waals surface area contributed by atoms with Crippen molar-refractivity contribution in [2.24, 2.45) is 0 Å². The van der Waals surface area contributed by atoms with Crippen molar-refractivity contribution in [2.75, 3.05) is 6.61 Å². The molecule has 1 aromatic rings. The SMILES string of the molecule is CC(=O)/C(=C\c1ccccc1F)C(=O)OCC(F)(F)F. The largest absolute Gasteiger partial charge is 0.452 e. The molecule has 0 amide bonds. The lowest BCUT2D eigenvalue weighted by Gasteiger charge is -2.08. The van der Waals surface area contributed by atoms with Gasteiger partial charge >= 0.3 is 12.1 Å². The minimum absolute atomic E-state index is 0.0957. The summed E-state index contributed by atoms with van der Waals surface area (Å²) in [5.41, 5.74) is -0.749. The van der Waals surface area contributed by atoms with Crippen LogP contribution in [0.1, 0.15) is 12.5 Å². The van der Waals surface area contributed by atoms with Gasteiger partial charge in [0.05, 0.1) is 0 Å². The molecule has 0 saturated heterocycles. The second-order valence-electron chi connectivity index (χ2n) is 3.83. The Hall–Kier alpha value is -2.18. The lowest BCUT2D eigenvalue weighted by atomic mass is 10.1. The van der Waals surface area contributed by atoms with Crippen LogP contribution in [-0.2, 0) is 14.3 Å². The van der Waals surface area contributed by atoms with E-state index in [-0.39, 0.29) is 5.56 Å². The van der Waals surface area contributed by atoms with Gasteiger partial charge in [0.1, 0.15) is 11.4 Å². The first kappa shape index (κ1) is 15.9. The van der Waals surface area contributed by atoms with Crippen molar-refractivity contribution in [3.05, 3.63) is 41.2 Å². The highest BCUT2D eigenvalue weighted by Crippen LogP contribution is 2.17. The van der Waals surface area contributed by atoms with Gasteiger partial charge in [-0.15, -0.1) is 0 Å². The number of ketones is 1. The van der Waals surface area contributed by atoms with Gasteiger partial charge < -0.3 is 4.74 Å². The monoisotopic (exact) mass is 290 g/mol. The standard InChI is InChI=1S/C13H10F4O3/c1-8(18)10(12(19)20-7-13(15,16)17)6-9-4-2-3-5-11(9)14/h2-6H,7H2,1H3/b10-6+. The van der Waals surface area contributed by atoms with Crippen molar-refractivity contribution in [2.45, 2.75) is 13.1 Å². The van der Waals surface area contributed by atoms with Gasteiger partial charge in [-0.1, -0.05) is 18.2 Å². The highest BCUT2D eigenvalue weighted by atomic mass is 19.4. The summed E-state index contributed by atoms with van der Waals surface area (Å²) in [6.45, 7) is -0.838. The zero-order valence-electron chi connectivity index (χ0n) is 10.3. The molecule has 0 N–H and O–H groups in total. The van der Waals surface area contributed by atoms with E-state index in [0.29, 0.717) is 0 Å². The fourth-order valence-electron chi connectivity index (χ4n) is 1.28. The Morgan fingerprint density at radius 3 is 2.35 bits per heavy atom. The number of Topliss-reactive ketones (excluding diaryl/α,β-unsaturated/α-hetero) is 1. The quantitative estimate of drug-likeness (QED) is 0.281. The summed E-state index contributed by atoms with van der Waals surface area (Å²) in [5.74, 6) is -2.98. The molecule has 0 unspecified atom stereocenters. The highest BCUT2D eigenvalue weighted by Gasteiger charge is 2.30. The van der Waals surface area contributed by atoms with Crippen molar-refractivity contribution in [1.82, 2.24) is 0 Å². The molecule has 0 aromatic heterocycles. The highest BCUT2D eigenvalue weighted by molar-refractivity contribution is 6.19. The van der Waals surface area contributed by atoms with Gasteiger partial charge in [-0.05, 0) is 19.1 Å². The number of esters is 1. The minimum atomic E-state index is -4.70. The zero-order chi connectivity index (χ0) is 15.3. The van der Waals surface area contributed by atoms with Crippen molar-refractivity contribution in [3.63, 3.8) is 0 Å².